The summed E-state index contributed by atoms with van der Waals surface area (Å²) in [4.78, 5) is 15.3. The third-order valence-corrected chi connectivity index (χ3v) is 7.26. The van der Waals surface area contributed by atoms with Crippen LogP contribution >= 0.6 is 0 Å². The number of para-hydroxylation sites is 1. The molecule has 1 unspecified atom stereocenters. The van der Waals surface area contributed by atoms with Crippen molar-refractivity contribution in [3.63, 3.8) is 0 Å². The van der Waals surface area contributed by atoms with E-state index >= 15 is 0 Å². The van der Waals surface area contributed by atoms with E-state index in [-0.39, 0.29) is 0 Å². The number of likely N-dealkylation sites (N-methyl/N-ethyl adjacent to an activating group) is 1. The van der Waals surface area contributed by atoms with Crippen molar-refractivity contribution in [1.82, 2.24) is 0 Å². The summed E-state index contributed by atoms with van der Waals surface area (Å²) in [5, 5.41) is 3.21. The molecule has 8 heteroatoms. The van der Waals surface area contributed by atoms with E-state index in [0.29, 0.717) is 42.4 Å². The van der Waals surface area contributed by atoms with Gasteiger partial charge in [-0.2, -0.15) is 13.2 Å². The lowest BCUT2D eigenvalue weighted by atomic mass is 9.76. The van der Waals surface area contributed by atoms with Gasteiger partial charge < -0.3 is 19.7 Å². The average Bonchev–Trinajstić information content (AvgIpc) is 3.23. The molecule has 0 radical (unpaired) electrons. The third kappa shape index (κ3) is 4.07. The summed E-state index contributed by atoms with van der Waals surface area (Å²) < 4.78 is 51.4. The van der Waals surface area contributed by atoms with Gasteiger partial charge in [0.1, 0.15) is 11.5 Å². The standard InChI is InChI=1S/C31H25F3N2O3/c1-2-36(19-18-35-21-16-14-20(15-17-21)31(32,33)34)25-11-7-13-27-28(25)30(24-10-5-6-12-26(24)38-27)23-9-4-3-8-22(23)29(37)39-30/h3-17,35H,2,18-19H2,1H3. The summed E-state index contributed by atoms with van der Waals surface area (Å²) >= 11 is 0. The van der Waals surface area contributed by atoms with Crippen molar-refractivity contribution in [1.29, 1.82) is 0 Å². The number of nitrogens with one attached hydrogen (secondary N) is 1. The summed E-state index contributed by atoms with van der Waals surface area (Å²) in [6.45, 7) is 3.68. The van der Waals surface area contributed by atoms with Gasteiger partial charge in [0.05, 0.1) is 16.7 Å². The van der Waals surface area contributed by atoms with Gasteiger partial charge in [-0.1, -0.05) is 42.5 Å². The van der Waals surface area contributed by atoms with Gasteiger partial charge in [0.2, 0.25) is 0 Å². The van der Waals surface area contributed by atoms with E-state index in [1.165, 1.54) is 12.1 Å². The Hall–Kier alpha value is -4.46. The van der Waals surface area contributed by atoms with Crippen LogP contribution in [-0.4, -0.2) is 25.6 Å². The number of esters is 1. The second kappa shape index (κ2) is 9.38. The van der Waals surface area contributed by atoms with Gasteiger partial charge in [-0.05, 0) is 55.5 Å². The number of nitrogens with zero attached hydrogens (tertiary/aromatic N) is 1. The first-order valence-corrected chi connectivity index (χ1v) is 12.7. The molecule has 0 aliphatic carbocycles. The molecule has 39 heavy (non-hydrogen) atoms. The van der Waals surface area contributed by atoms with E-state index in [4.69, 9.17) is 9.47 Å². The van der Waals surface area contributed by atoms with Crippen LogP contribution < -0.4 is 15.0 Å². The van der Waals surface area contributed by atoms with Crippen molar-refractivity contribution in [2.75, 3.05) is 29.9 Å². The van der Waals surface area contributed by atoms with E-state index in [1.807, 2.05) is 67.6 Å². The molecule has 4 aromatic rings. The Balaban J connectivity index is 1.37. The fourth-order valence-electron chi connectivity index (χ4n) is 5.49. The number of rotatable bonds is 6. The maximum Gasteiger partial charge on any atom is 0.416 e. The summed E-state index contributed by atoms with van der Waals surface area (Å²) in [5.41, 5.74) is 2.37. The van der Waals surface area contributed by atoms with Crippen LogP contribution in [0, 0.1) is 0 Å². The molecule has 0 saturated heterocycles. The quantitative estimate of drug-likeness (QED) is 0.267. The number of benzene rings is 4. The number of halogens is 3. The highest BCUT2D eigenvalue weighted by atomic mass is 19.4. The number of hydrogen-bond acceptors (Lipinski definition) is 5. The molecule has 1 N–H and O–H groups in total. The van der Waals surface area contributed by atoms with Crippen LogP contribution in [0.25, 0.3) is 0 Å². The van der Waals surface area contributed by atoms with E-state index in [0.717, 1.165) is 34.5 Å². The Morgan fingerprint density at radius 3 is 2.28 bits per heavy atom. The molecular weight excluding hydrogens is 505 g/mol. The normalized spacial score (nSPS) is 17.1. The van der Waals surface area contributed by atoms with Crippen molar-refractivity contribution in [2.45, 2.75) is 18.7 Å². The van der Waals surface area contributed by atoms with Crippen LogP contribution in [0.1, 0.15) is 39.5 Å². The fourth-order valence-corrected chi connectivity index (χ4v) is 5.49. The highest BCUT2D eigenvalue weighted by Gasteiger charge is 2.54. The van der Waals surface area contributed by atoms with E-state index in [9.17, 15) is 18.0 Å². The lowest BCUT2D eigenvalue weighted by Gasteiger charge is -2.39. The molecule has 1 spiro atoms. The lowest BCUT2D eigenvalue weighted by molar-refractivity contribution is -0.137. The van der Waals surface area contributed by atoms with E-state index < -0.39 is 23.3 Å². The van der Waals surface area contributed by atoms with Gasteiger partial charge in [0, 0.05) is 42.1 Å². The van der Waals surface area contributed by atoms with Crippen LogP contribution in [0.15, 0.2) is 91.0 Å². The van der Waals surface area contributed by atoms with Crippen LogP contribution in [0.4, 0.5) is 24.5 Å². The Kier molecular flexibility index (Phi) is 5.98. The van der Waals surface area contributed by atoms with Gasteiger partial charge >= 0.3 is 12.1 Å². The number of carbonyl (C=O) groups is 1. The average molecular weight is 531 g/mol. The molecule has 0 bridgehead atoms. The topological polar surface area (TPSA) is 50.8 Å². The molecule has 1 atom stereocenters. The zero-order valence-corrected chi connectivity index (χ0v) is 21.1. The molecule has 2 aliphatic rings. The maximum atomic E-state index is 13.2. The molecule has 0 amide bonds. The van der Waals surface area contributed by atoms with E-state index in [1.54, 1.807) is 6.07 Å². The molecule has 198 valence electrons. The Labute approximate surface area is 223 Å². The zero-order valence-electron chi connectivity index (χ0n) is 21.1. The molecule has 0 fully saturated rings. The highest BCUT2D eigenvalue weighted by molar-refractivity contribution is 5.97. The molecule has 0 aromatic heterocycles. The number of hydrogen-bond donors (Lipinski definition) is 1. The Morgan fingerprint density at radius 2 is 1.54 bits per heavy atom. The van der Waals surface area contributed by atoms with Gasteiger partial charge in [-0.3, -0.25) is 0 Å². The highest BCUT2D eigenvalue weighted by Crippen LogP contribution is 2.58. The molecular formula is C31H25F3N2O3. The number of ether oxygens (including phenoxy) is 2. The minimum absolute atomic E-state index is 0.393. The number of carbonyl (C=O) groups excluding carboxylic acids is 1. The third-order valence-electron chi connectivity index (χ3n) is 7.26. The number of anilines is 2. The molecule has 2 aliphatic heterocycles. The van der Waals surface area contributed by atoms with Gasteiger partial charge in [0.25, 0.3) is 0 Å². The molecule has 5 nitrogen and oxygen atoms in total. The largest absolute Gasteiger partial charge is 0.456 e. The predicted octanol–water partition coefficient (Wildman–Crippen LogP) is 7.21. The first kappa shape index (κ1) is 24.9. The lowest BCUT2D eigenvalue weighted by Crippen LogP contribution is -2.37. The zero-order chi connectivity index (χ0) is 27.2. The molecule has 0 saturated carbocycles. The minimum Gasteiger partial charge on any atom is -0.456 e. The summed E-state index contributed by atoms with van der Waals surface area (Å²) in [6.07, 6.45) is -4.37. The number of fused-ring (bicyclic) bond motifs is 6. The summed E-state index contributed by atoms with van der Waals surface area (Å²) in [6, 6.07) is 25.7. The number of alkyl halides is 3. The van der Waals surface area contributed by atoms with Crippen molar-refractivity contribution in [2.24, 2.45) is 0 Å². The van der Waals surface area contributed by atoms with Crippen LogP contribution in [0.3, 0.4) is 0 Å². The van der Waals surface area contributed by atoms with Crippen LogP contribution in [-0.2, 0) is 16.5 Å². The second-order valence-corrected chi connectivity index (χ2v) is 9.45. The Morgan fingerprint density at radius 1 is 0.846 bits per heavy atom. The first-order chi connectivity index (χ1) is 18.8. The van der Waals surface area contributed by atoms with Crippen molar-refractivity contribution in [3.05, 3.63) is 119 Å². The second-order valence-electron chi connectivity index (χ2n) is 9.45. The minimum atomic E-state index is -4.37. The summed E-state index contributed by atoms with van der Waals surface area (Å²) in [5.74, 6) is 0.832. The molecule has 4 aromatic carbocycles. The van der Waals surface area contributed by atoms with Gasteiger partial charge in [0.15, 0.2) is 5.60 Å². The van der Waals surface area contributed by atoms with Crippen molar-refractivity contribution < 1.29 is 27.4 Å². The predicted molar refractivity (Wildman–Crippen MR) is 143 cm³/mol. The molecule has 6 rings (SSSR count). The van der Waals surface area contributed by atoms with Crippen LogP contribution in [0.2, 0.25) is 0 Å². The smallest absolute Gasteiger partial charge is 0.416 e. The van der Waals surface area contributed by atoms with Gasteiger partial charge in [-0.25, -0.2) is 4.79 Å². The van der Waals surface area contributed by atoms with Gasteiger partial charge in [-0.15, -0.1) is 0 Å². The maximum absolute atomic E-state index is 13.2. The molecule has 2 heterocycles. The first-order valence-electron chi connectivity index (χ1n) is 12.7. The van der Waals surface area contributed by atoms with Crippen molar-refractivity contribution in [3.8, 4) is 11.5 Å². The Bertz CT molecular complexity index is 1550. The summed E-state index contributed by atoms with van der Waals surface area (Å²) in [7, 11) is 0. The van der Waals surface area contributed by atoms with Crippen LogP contribution in [0.5, 0.6) is 11.5 Å². The van der Waals surface area contributed by atoms with E-state index in [2.05, 4.69) is 10.2 Å². The SMILES string of the molecule is CCN(CCNc1ccc(C(F)(F)F)cc1)c1cccc2c1C1(OC(=O)c3ccccc31)c1ccccc1O2. The monoisotopic (exact) mass is 530 g/mol. The fraction of sp³-hybridized carbons (Fsp3) is 0.194. The van der Waals surface area contributed by atoms with Crippen molar-refractivity contribution >= 4 is 17.3 Å².